The van der Waals surface area contributed by atoms with E-state index in [1.807, 2.05) is 6.08 Å². The molecular weight excluding hydrogens is 264 g/mol. The third-order valence-corrected chi connectivity index (χ3v) is 4.25. The molecule has 98 valence electrons. The molecule has 1 N–H and O–H groups in total. The van der Waals surface area contributed by atoms with Crippen LogP contribution in [0.15, 0.2) is 29.8 Å². The zero-order valence-corrected chi connectivity index (χ0v) is 11.0. The Labute approximate surface area is 115 Å². The van der Waals surface area contributed by atoms with Crippen LogP contribution in [0.3, 0.4) is 0 Å². The summed E-state index contributed by atoms with van der Waals surface area (Å²) < 4.78 is 0. The second-order valence-electron chi connectivity index (χ2n) is 5.09. The second-order valence-corrected chi connectivity index (χ2v) is 5.53. The van der Waals surface area contributed by atoms with Crippen LogP contribution in [0.5, 0.6) is 0 Å². The first kappa shape index (κ1) is 12.6. The van der Waals surface area contributed by atoms with Crippen LogP contribution < -0.4 is 0 Å². The van der Waals surface area contributed by atoms with Crippen LogP contribution in [0.2, 0.25) is 5.02 Å². The molecule has 2 aliphatic carbocycles. The Hall–Kier alpha value is -1.45. The lowest BCUT2D eigenvalue weighted by Crippen LogP contribution is -2.38. The van der Waals surface area contributed by atoms with Crippen LogP contribution in [0, 0.1) is 11.8 Å². The third-order valence-electron chi connectivity index (χ3n) is 4.02. The van der Waals surface area contributed by atoms with Crippen LogP contribution in [-0.2, 0) is 0 Å². The maximum atomic E-state index is 12.5. The van der Waals surface area contributed by atoms with Gasteiger partial charge in [-0.2, -0.15) is 0 Å². The fourth-order valence-electron chi connectivity index (χ4n) is 2.99. The maximum absolute atomic E-state index is 12.5. The molecule has 4 heteroatoms. The lowest BCUT2D eigenvalue weighted by atomic mass is 9.68. The van der Waals surface area contributed by atoms with E-state index < -0.39 is 0 Å². The number of Topliss-reactive ketones (excluding diaryl/α,β-unsaturated/α-hetero) is 2. The molecule has 1 aromatic carbocycles. The van der Waals surface area contributed by atoms with E-state index in [0.29, 0.717) is 29.0 Å². The number of allylic oxidation sites excluding steroid dienone is 1. The third kappa shape index (κ3) is 1.94. The lowest BCUT2D eigenvalue weighted by molar-refractivity contribution is 0.0721. The van der Waals surface area contributed by atoms with E-state index in [1.54, 1.807) is 18.2 Å². The molecule has 0 saturated carbocycles. The summed E-state index contributed by atoms with van der Waals surface area (Å²) in [7, 11) is 0. The number of carbonyl (C=O) groups is 2. The van der Waals surface area contributed by atoms with Crippen LogP contribution in [0.25, 0.3) is 0 Å². The molecule has 2 unspecified atom stereocenters. The Balaban J connectivity index is 2.07. The van der Waals surface area contributed by atoms with Crippen LogP contribution in [0.4, 0.5) is 0 Å². The monoisotopic (exact) mass is 276 g/mol. The summed E-state index contributed by atoms with van der Waals surface area (Å²) in [5.41, 5.74) is 1.76. The normalized spacial score (nSPS) is 25.7. The lowest BCUT2D eigenvalue weighted by Gasteiger charge is -2.33. The molecular formula is C15H13ClO3. The number of aliphatic hydroxyl groups excluding tert-OH is 1. The number of carbonyl (C=O) groups excluding carboxylic acids is 2. The highest BCUT2D eigenvalue weighted by Gasteiger charge is 2.42. The van der Waals surface area contributed by atoms with Gasteiger partial charge in [0, 0.05) is 28.0 Å². The summed E-state index contributed by atoms with van der Waals surface area (Å²) in [6.07, 6.45) is 2.88. The molecule has 0 spiro atoms. The van der Waals surface area contributed by atoms with Crippen molar-refractivity contribution >= 4 is 23.2 Å². The molecule has 0 radical (unpaired) electrons. The largest absolute Gasteiger partial charge is 0.392 e. The molecule has 1 aromatic rings. The Bertz CT molecular complexity index is 603. The minimum absolute atomic E-state index is 0.00432. The van der Waals surface area contributed by atoms with Gasteiger partial charge in [0.25, 0.3) is 0 Å². The van der Waals surface area contributed by atoms with Crippen molar-refractivity contribution in [3.63, 3.8) is 0 Å². The first-order chi connectivity index (χ1) is 9.11. The number of hydrogen-bond acceptors (Lipinski definition) is 3. The summed E-state index contributed by atoms with van der Waals surface area (Å²) in [6, 6.07) is 4.85. The fraction of sp³-hybridized carbons (Fsp3) is 0.333. The van der Waals surface area contributed by atoms with Crippen molar-refractivity contribution in [3.8, 4) is 0 Å². The highest BCUT2D eigenvalue weighted by Crippen LogP contribution is 2.39. The Morgan fingerprint density at radius 3 is 2.63 bits per heavy atom. The number of rotatable bonds is 1. The van der Waals surface area contributed by atoms with Gasteiger partial charge in [-0.3, -0.25) is 9.59 Å². The first-order valence-corrected chi connectivity index (χ1v) is 6.66. The minimum atomic E-state index is -0.326. The molecule has 19 heavy (non-hydrogen) atoms. The first-order valence-electron chi connectivity index (χ1n) is 6.28. The van der Waals surface area contributed by atoms with Gasteiger partial charge in [0.1, 0.15) is 0 Å². The number of ketones is 2. The summed E-state index contributed by atoms with van der Waals surface area (Å²) in [5, 5.41) is 9.66. The summed E-state index contributed by atoms with van der Waals surface area (Å²) in [6.45, 7) is -0.0435. The van der Waals surface area contributed by atoms with Gasteiger partial charge in [-0.25, -0.2) is 0 Å². The van der Waals surface area contributed by atoms with Gasteiger partial charge < -0.3 is 5.11 Å². The Morgan fingerprint density at radius 1 is 1.16 bits per heavy atom. The van der Waals surface area contributed by atoms with Crippen molar-refractivity contribution < 1.29 is 14.7 Å². The van der Waals surface area contributed by atoms with Crippen molar-refractivity contribution in [2.24, 2.45) is 11.8 Å². The summed E-state index contributed by atoms with van der Waals surface area (Å²) in [4.78, 5) is 24.9. The van der Waals surface area contributed by atoms with Gasteiger partial charge >= 0.3 is 0 Å². The number of halogens is 1. The van der Waals surface area contributed by atoms with E-state index in [9.17, 15) is 14.7 Å². The van der Waals surface area contributed by atoms with Crippen molar-refractivity contribution in [2.45, 2.75) is 12.8 Å². The van der Waals surface area contributed by atoms with Gasteiger partial charge in [0.05, 0.1) is 6.61 Å². The van der Waals surface area contributed by atoms with Gasteiger partial charge in [-0.05, 0) is 36.6 Å². The molecule has 0 bridgehead atoms. The molecule has 0 aliphatic heterocycles. The Morgan fingerprint density at radius 2 is 1.89 bits per heavy atom. The molecule has 0 amide bonds. The zero-order valence-electron chi connectivity index (χ0n) is 10.2. The van der Waals surface area contributed by atoms with Gasteiger partial charge in [-0.15, -0.1) is 0 Å². The minimum Gasteiger partial charge on any atom is -0.392 e. The van der Waals surface area contributed by atoms with E-state index in [-0.39, 0.29) is 30.0 Å². The second kappa shape index (κ2) is 4.58. The van der Waals surface area contributed by atoms with Crippen molar-refractivity contribution in [3.05, 3.63) is 46.0 Å². The zero-order chi connectivity index (χ0) is 13.6. The molecule has 2 atom stereocenters. The van der Waals surface area contributed by atoms with Crippen LogP contribution in [-0.4, -0.2) is 23.3 Å². The number of hydrogen-bond donors (Lipinski definition) is 1. The van der Waals surface area contributed by atoms with E-state index >= 15 is 0 Å². The predicted octanol–water partition coefficient (Wildman–Crippen LogP) is 2.66. The molecule has 2 aliphatic rings. The number of fused-ring (bicyclic) bond motifs is 2. The van der Waals surface area contributed by atoms with E-state index in [1.165, 1.54) is 0 Å². The van der Waals surface area contributed by atoms with Crippen LogP contribution in [0.1, 0.15) is 33.6 Å². The van der Waals surface area contributed by atoms with Crippen molar-refractivity contribution in [2.75, 3.05) is 6.61 Å². The molecule has 0 saturated heterocycles. The average Bonchev–Trinajstić information content (AvgIpc) is 2.44. The molecule has 0 fully saturated rings. The van der Waals surface area contributed by atoms with E-state index in [0.717, 1.165) is 5.57 Å². The van der Waals surface area contributed by atoms with Crippen molar-refractivity contribution in [1.29, 1.82) is 0 Å². The summed E-state index contributed by atoms with van der Waals surface area (Å²) in [5.74, 6) is -0.632. The van der Waals surface area contributed by atoms with Crippen molar-refractivity contribution in [1.82, 2.24) is 0 Å². The quantitative estimate of drug-likeness (QED) is 0.803. The molecule has 0 heterocycles. The summed E-state index contributed by atoms with van der Waals surface area (Å²) >= 11 is 5.90. The van der Waals surface area contributed by atoms with Crippen LogP contribution >= 0.6 is 11.6 Å². The molecule has 0 aromatic heterocycles. The maximum Gasteiger partial charge on any atom is 0.167 e. The van der Waals surface area contributed by atoms with E-state index in [4.69, 9.17) is 11.6 Å². The number of benzene rings is 1. The smallest absolute Gasteiger partial charge is 0.167 e. The fourth-order valence-corrected chi connectivity index (χ4v) is 3.17. The highest BCUT2D eigenvalue weighted by molar-refractivity contribution is 6.31. The van der Waals surface area contributed by atoms with E-state index in [2.05, 4.69) is 0 Å². The molecule has 3 nitrogen and oxygen atoms in total. The standard InChI is InChI=1S/C15H13ClO3/c16-9-2-4-11-13(6-9)15(19)10-3-1-8(7-17)5-12(10)14(11)18/h1-2,4,6,10,12,17H,3,5,7H2. The van der Waals surface area contributed by atoms with Gasteiger partial charge in [-0.1, -0.05) is 17.7 Å². The topological polar surface area (TPSA) is 54.4 Å². The predicted molar refractivity (Wildman–Crippen MR) is 71.5 cm³/mol. The molecule has 3 rings (SSSR count). The SMILES string of the molecule is O=C1c2cc(Cl)ccc2C(=O)C2CC(CO)=CCC12. The van der Waals surface area contributed by atoms with Gasteiger partial charge in [0.15, 0.2) is 11.6 Å². The Kier molecular flexibility index (Phi) is 3.03. The number of aliphatic hydroxyl groups is 1. The average molecular weight is 277 g/mol. The highest BCUT2D eigenvalue weighted by atomic mass is 35.5. The van der Waals surface area contributed by atoms with Gasteiger partial charge in [0.2, 0.25) is 0 Å².